The van der Waals surface area contributed by atoms with Gasteiger partial charge in [-0.2, -0.15) is 0 Å². The van der Waals surface area contributed by atoms with Crippen LogP contribution in [0, 0.1) is 12.7 Å². The lowest BCUT2D eigenvalue weighted by Gasteiger charge is -2.06. The summed E-state index contributed by atoms with van der Waals surface area (Å²) in [5.41, 5.74) is 1.17. The number of carbonyl (C=O) groups excluding carboxylic acids is 3. The number of hydrogen-bond donors (Lipinski definition) is 2. The van der Waals surface area contributed by atoms with E-state index in [1.165, 1.54) is 19.2 Å². The Morgan fingerprint density at radius 2 is 1.60 bits per heavy atom. The van der Waals surface area contributed by atoms with E-state index in [1.54, 1.807) is 31.2 Å². The first-order valence-electron chi connectivity index (χ1n) is 8.65. The number of rotatable bonds is 5. The SMILES string of the molecule is COC(=O)c1c(NC(=O)c2ccc(F)cc2)sc(C(=O)Nc2ccc(Cl)cc2)c1C. The zero-order valence-corrected chi connectivity index (χ0v) is 17.5. The van der Waals surface area contributed by atoms with E-state index in [4.69, 9.17) is 16.3 Å². The Bertz CT molecular complexity index is 1110. The summed E-state index contributed by atoms with van der Waals surface area (Å²) in [4.78, 5) is 37.8. The molecule has 1 heterocycles. The lowest BCUT2D eigenvalue weighted by atomic mass is 10.1. The standard InChI is InChI=1S/C21H16ClFN2O4S/c1-11-16(21(28)29-2)20(25-18(26)12-3-7-14(23)8-4-12)30-17(11)19(27)24-15-9-5-13(22)6-10-15/h3-10H,1-2H3,(H,24,27)(H,25,26). The summed E-state index contributed by atoms with van der Waals surface area (Å²) < 4.78 is 17.9. The minimum absolute atomic E-state index is 0.0826. The Hall–Kier alpha value is -3.23. The van der Waals surface area contributed by atoms with Gasteiger partial charge in [-0.3, -0.25) is 9.59 Å². The summed E-state index contributed by atoms with van der Waals surface area (Å²) in [5.74, 6) is -2.17. The van der Waals surface area contributed by atoms with E-state index in [-0.39, 0.29) is 21.0 Å². The first-order valence-corrected chi connectivity index (χ1v) is 9.85. The van der Waals surface area contributed by atoms with Crippen LogP contribution in [0.15, 0.2) is 48.5 Å². The van der Waals surface area contributed by atoms with Gasteiger partial charge in [0.25, 0.3) is 11.8 Å². The first-order chi connectivity index (χ1) is 14.3. The molecule has 2 aromatic carbocycles. The Labute approximate surface area is 180 Å². The molecule has 0 atom stereocenters. The predicted octanol–water partition coefficient (Wildman–Crippen LogP) is 5.14. The zero-order chi connectivity index (χ0) is 21.8. The van der Waals surface area contributed by atoms with Crippen molar-refractivity contribution in [2.45, 2.75) is 6.92 Å². The number of methoxy groups -OCH3 is 1. The molecule has 30 heavy (non-hydrogen) atoms. The fourth-order valence-electron chi connectivity index (χ4n) is 2.66. The summed E-state index contributed by atoms with van der Waals surface area (Å²) in [6, 6.07) is 11.5. The molecule has 154 valence electrons. The van der Waals surface area contributed by atoms with Crippen LogP contribution in [0.5, 0.6) is 0 Å². The van der Waals surface area contributed by atoms with Crippen LogP contribution in [-0.2, 0) is 4.74 Å². The average molecular weight is 447 g/mol. The number of nitrogens with one attached hydrogen (secondary N) is 2. The quantitative estimate of drug-likeness (QED) is 0.531. The van der Waals surface area contributed by atoms with Crippen molar-refractivity contribution in [1.29, 1.82) is 0 Å². The molecule has 0 aliphatic rings. The summed E-state index contributed by atoms with van der Waals surface area (Å²) in [6.07, 6.45) is 0. The highest BCUT2D eigenvalue weighted by molar-refractivity contribution is 7.19. The molecule has 3 aromatic rings. The molecule has 0 saturated carbocycles. The van der Waals surface area contributed by atoms with Gasteiger partial charge in [-0.15, -0.1) is 11.3 Å². The normalized spacial score (nSPS) is 10.4. The molecule has 6 nitrogen and oxygen atoms in total. The van der Waals surface area contributed by atoms with Crippen molar-refractivity contribution in [3.05, 3.63) is 80.9 Å². The van der Waals surface area contributed by atoms with Crippen LogP contribution in [0.1, 0.15) is 36.0 Å². The fourth-order valence-corrected chi connectivity index (χ4v) is 3.87. The van der Waals surface area contributed by atoms with E-state index < -0.39 is 23.6 Å². The maximum atomic E-state index is 13.1. The van der Waals surface area contributed by atoms with Gasteiger partial charge in [0.15, 0.2) is 0 Å². The van der Waals surface area contributed by atoms with Crippen LogP contribution in [0.4, 0.5) is 15.1 Å². The van der Waals surface area contributed by atoms with Gasteiger partial charge in [-0.25, -0.2) is 9.18 Å². The van der Waals surface area contributed by atoms with Gasteiger partial charge in [0, 0.05) is 16.3 Å². The van der Waals surface area contributed by atoms with Crippen molar-refractivity contribution in [2.24, 2.45) is 0 Å². The Morgan fingerprint density at radius 1 is 0.967 bits per heavy atom. The molecule has 9 heteroatoms. The number of benzene rings is 2. The van der Waals surface area contributed by atoms with E-state index in [1.807, 2.05) is 0 Å². The smallest absolute Gasteiger partial charge is 0.341 e. The maximum Gasteiger partial charge on any atom is 0.341 e. The summed E-state index contributed by atoms with van der Waals surface area (Å²) in [5, 5.41) is 6.02. The third kappa shape index (κ3) is 4.67. The lowest BCUT2D eigenvalue weighted by Crippen LogP contribution is -2.14. The highest BCUT2D eigenvalue weighted by Gasteiger charge is 2.26. The van der Waals surface area contributed by atoms with Gasteiger partial charge >= 0.3 is 5.97 Å². The number of esters is 1. The number of thiophene rings is 1. The van der Waals surface area contributed by atoms with Crippen molar-refractivity contribution < 1.29 is 23.5 Å². The summed E-state index contributed by atoms with van der Waals surface area (Å²) in [7, 11) is 1.21. The van der Waals surface area contributed by atoms with Crippen molar-refractivity contribution in [1.82, 2.24) is 0 Å². The fraction of sp³-hybridized carbons (Fsp3) is 0.0952. The van der Waals surface area contributed by atoms with E-state index in [9.17, 15) is 18.8 Å². The molecule has 0 aliphatic carbocycles. The monoisotopic (exact) mass is 446 g/mol. The summed E-state index contributed by atoms with van der Waals surface area (Å²) >= 11 is 6.79. The second-order valence-corrected chi connectivity index (χ2v) is 7.63. The van der Waals surface area contributed by atoms with Gasteiger partial charge in [0.05, 0.1) is 17.6 Å². The van der Waals surface area contributed by atoms with Crippen LogP contribution >= 0.6 is 22.9 Å². The first kappa shape index (κ1) is 21.5. The van der Waals surface area contributed by atoms with Gasteiger partial charge in [-0.1, -0.05) is 11.6 Å². The molecule has 1 aromatic heterocycles. The van der Waals surface area contributed by atoms with Gasteiger partial charge in [0.1, 0.15) is 10.8 Å². The van der Waals surface area contributed by atoms with Crippen molar-refractivity contribution >= 4 is 51.4 Å². The lowest BCUT2D eigenvalue weighted by molar-refractivity contribution is 0.0601. The highest BCUT2D eigenvalue weighted by atomic mass is 35.5. The zero-order valence-electron chi connectivity index (χ0n) is 15.9. The molecule has 0 spiro atoms. The van der Waals surface area contributed by atoms with E-state index in [0.717, 1.165) is 23.5 Å². The number of amides is 2. The van der Waals surface area contributed by atoms with Crippen LogP contribution in [0.2, 0.25) is 5.02 Å². The highest BCUT2D eigenvalue weighted by Crippen LogP contribution is 2.34. The largest absolute Gasteiger partial charge is 0.465 e. The topological polar surface area (TPSA) is 84.5 Å². The number of ether oxygens (including phenoxy) is 1. The second kappa shape index (κ2) is 9.06. The molecule has 0 bridgehead atoms. The van der Waals surface area contributed by atoms with E-state index in [2.05, 4.69) is 10.6 Å². The molecule has 2 amide bonds. The Morgan fingerprint density at radius 3 is 2.20 bits per heavy atom. The summed E-state index contributed by atoms with van der Waals surface area (Å²) in [6.45, 7) is 1.59. The van der Waals surface area contributed by atoms with Crippen molar-refractivity contribution in [3.63, 3.8) is 0 Å². The Balaban J connectivity index is 1.91. The van der Waals surface area contributed by atoms with Crippen LogP contribution in [0.25, 0.3) is 0 Å². The van der Waals surface area contributed by atoms with Gasteiger partial charge in [-0.05, 0) is 61.0 Å². The average Bonchev–Trinajstić information content (AvgIpc) is 3.05. The number of hydrogen-bond acceptors (Lipinski definition) is 5. The number of anilines is 2. The number of carbonyl (C=O) groups is 3. The molecule has 2 N–H and O–H groups in total. The molecule has 3 rings (SSSR count). The molecular formula is C21H16ClFN2O4S. The van der Waals surface area contributed by atoms with Gasteiger partial charge in [0.2, 0.25) is 0 Å². The third-order valence-electron chi connectivity index (χ3n) is 4.18. The molecule has 0 fully saturated rings. The number of halogens is 2. The van der Waals surface area contributed by atoms with Crippen LogP contribution < -0.4 is 10.6 Å². The third-order valence-corrected chi connectivity index (χ3v) is 5.64. The molecule has 0 unspecified atom stereocenters. The maximum absolute atomic E-state index is 13.1. The second-order valence-electron chi connectivity index (χ2n) is 6.17. The van der Waals surface area contributed by atoms with Crippen molar-refractivity contribution in [2.75, 3.05) is 17.7 Å². The minimum atomic E-state index is -0.691. The minimum Gasteiger partial charge on any atom is -0.465 e. The van der Waals surface area contributed by atoms with E-state index in [0.29, 0.717) is 16.3 Å². The molecule has 0 saturated heterocycles. The predicted molar refractivity (Wildman–Crippen MR) is 114 cm³/mol. The van der Waals surface area contributed by atoms with Gasteiger partial charge < -0.3 is 15.4 Å². The molecule has 0 radical (unpaired) electrons. The van der Waals surface area contributed by atoms with Crippen molar-refractivity contribution in [3.8, 4) is 0 Å². The van der Waals surface area contributed by atoms with Crippen LogP contribution in [0.3, 0.4) is 0 Å². The van der Waals surface area contributed by atoms with E-state index >= 15 is 0 Å². The molecule has 0 aliphatic heterocycles. The molecular weight excluding hydrogens is 431 g/mol. The Kier molecular flexibility index (Phi) is 6.49. The van der Waals surface area contributed by atoms with Crippen LogP contribution in [-0.4, -0.2) is 24.9 Å².